The fourth-order valence-corrected chi connectivity index (χ4v) is 2.79. The first-order chi connectivity index (χ1) is 9.81. The van der Waals surface area contributed by atoms with Crippen LogP contribution in [0.2, 0.25) is 0 Å². The minimum Gasteiger partial charge on any atom is -0.481 e. The van der Waals surface area contributed by atoms with Crippen molar-refractivity contribution < 1.29 is 19.2 Å². The average molecular weight is 296 g/mol. The maximum atomic E-state index is 13.6. The van der Waals surface area contributed by atoms with E-state index in [-0.39, 0.29) is 11.7 Å². The lowest BCUT2D eigenvalue weighted by molar-refractivity contribution is -0.384. The molecule has 2 rings (SSSR count). The molecule has 0 bridgehead atoms. The molecule has 1 N–H and O–H groups in total. The molecule has 1 saturated heterocycles. The van der Waals surface area contributed by atoms with E-state index >= 15 is 0 Å². The molecule has 0 aliphatic carbocycles. The minimum atomic E-state index is -0.841. The Bertz CT molecular complexity index is 591. The zero-order valence-corrected chi connectivity index (χ0v) is 11.9. The van der Waals surface area contributed by atoms with E-state index in [2.05, 4.69) is 0 Å². The van der Waals surface area contributed by atoms with Crippen molar-refractivity contribution in [1.29, 1.82) is 0 Å². The number of aliphatic carboxylic acids is 1. The number of nitro groups is 1. The van der Waals surface area contributed by atoms with Crippen molar-refractivity contribution in [3.05, 3.63) is 33.6 Å². The normalized spacial score (nSPS) is 22.1. The number of carbonyl (C=O) groups is 1. The molecule has 0 aromatic heterocycles. The summed E-state index contributed by atoms with van der Waals surface area (Å²) in [6, 6.07) is 2.24. The predicted molar refractivity (Wildman–Crippen MR) is 75.0 cm³/mol. The lowest BCUT2D eigenvalue weighted by Crippen LogP contribution is -2.43. The fourth-order valence-electron chi connectivity index (χ4n) is 2.79. The van der Waals surface area contributed by atoms with Gasteiger partial charge in [-0.3, -0.25) is 14.9 Å². The van der Waals surface area contributed by atoms with Crippen LogP contribution in [0.25, 0.3) is 0 Å². The maximum absolute atomic E-state index is 13.6. The second-order valence-electron chi connectivity index (χ2n) is 5.45. The summed E-state index contributed by atoms with van der Waals surface area (Å²) in [4.78, 5) is 23.4. The molecule has 2 atom stereocenters. The molecule has 0 amide bonds. The Morgan fingerprint density at radius 2 is 2.19 bits per heavy atom. The third kappa shape index (κ3) is 2.96. The molecule has 1 aromatic carbocycles. The lowest BCUT2D eigenvalue weighted by Gasteiger charge is -2.37. The van der Waals surface area contributed by atoms with Gasteiger partial charge in [-0.05, 0) is 38.3 Å². The van der Waals surface area contributed by atoms with Gasteiger partial charge in [-0.25, -0.2) is 4.39 Å². The number of carboxylic acid groups (broad SMARTS) is 1. The summed E-state index contributed by atoms with van der Waals surface area (Å²) in [7, 11) is 0. The first kappa shape index (κ1) is 15.2. The summed E-state index contributed by atoms with van der Waals surface area (Å²) in [5, 5.41) is 20.2. The second kappa shape index (κ2) is 5.67. The van der Waals surface area contributed by atoms with Crippen LogP contribution in [0.1, 0.15) is 25.3 Å². The van der Waals surface area contributed by atoms with Crippen LogP contribution in [-0.2, 0) is 4.79 Å². The lowest BCUT2D eigenvalue weighted by atomic mass is 9.91. The van der Waals surface area contributed by atoms with E-state index in [9.17, 15) is 19.3 Å². The molecule has 1 aliphatic heterocycles. The summed E-state index contributed by atoms with van der Waals surface area (Å²) in [5.41, 5.74) is 0.414. The number of aryl methyl sites for hydroxylation is 1. The standard InChI is InChI=1S/C14H17FN2O4/c1-8-5-12(13(17(20)21)7-11(8)15)16-4-3-10(14(18)19)6-9(16)2/h5,7,9-10H,3-4,6H2,1-2H3,(H,18,19). The van der Waals surface area contributed by atoms with Crippen molar-refractivity contribution >= 4 is 17.3 Å². The van der Waals surface area contributed by atoms with Crippen molar-refractivity contribution in [2.75, 3.05) is 11.4 Å². The van der Waals surface area contributed by atoms with Crippen molar-refractivity contribution in [2.24, 2.45) is 5.92 Å². The van der Waals surface area contributed by atoms with Crippen LogP contribution in [0.15, 0.2) is 12.1 Å². The van der Waals surface area contributed by atoms with Gasteiger partial charge in [0.25, 0.3) is 5.69 Å². The Morgan fingerprint density at radius 1 is 1.52 bits per heavy atom. The number of benzene rings is 1. The van der Waals surface area contributed by atoms with Crippen LogP contribution in [0.3, 0.4) is 0 Å². The maximum Gasteiger partial charge on any atom is 0.306 e. The molecule has 1 fully saturated rings. The van der Waals surface area contributed by atoms with Crippen molar-refractivity contribution in [2.45, 2.75) is 32.7 Å². The molecule has 0 radical (unpaired) electrons. The Morgan fingerprint density at radius 3 is 2.71 bits per heavy atom. The molecule has 2 unspecified atom stereocenters. The van der Waals surface area contributed by atoms with Crippen LogP contribution in [-0.4, -0.2) is 28.6 Å². The average Bonchev–Trinajstić information content (AvgIpc) is 2.41. The van der Waals surface area contributed by atoms with Gasteiger partial charge in [0.15, 0.2) is 0 Å². The molecular weight excluding hydrogens is 279 g/mol. The summed E-state index contributed by atoms with van der Waals surface area (Å²) < 4.78 is 13.6. The molecule has 114 valence electrons. The number of rotatable bonds is 3. The number of nitro benzene ring substituents is 1. The zero-order valence-electron chi connectivity index (χ0n) is 11.9. The minimum absolute atomic E-state index is 0.150. The Kier molecular flexibility index (Phi) is 4.11. The van der Waals surface area contributed by atoms with Crippen LogP contribution in [0.4, 0.5) is 15.8 Å². The van der Waals surface area contributed by atoms with Gasteiger partial charge < -0.3 is 10.0 Å². The number of anilines is 1. The highest BCUT2D eigenvalue weighted by Crippen LogP contribution is 2.36. The van der Waals surface area contributed by atoms with E-state index in [1.54, 1.807) is 11.8 Å². The Labute approximate surface area is 121 Å². The van der Waals surface area contributed by atoms with E-state index in [4.69, 9.17) is 5.11 Å². The number of piperidine rings is 1. The molecular formula is C14H17FN2O4. The molecule has 1 aromatic rings. The molecule has 1 heterocycles. The highest BCUT2D eigenvalue weighted by Gasteiger charge is 2.33. The smallest absolute Gasteiger partial charge is 0.306 e. The van der Waals surface area contributed by atoms with Gasteiger partial charge in [-0.15, -0.1) is 0 Å². The highest BCUT2D eigenvalue weighted by atomic mass is 19.1. The number of nitrogens with zero attached hydrogens (tertiary/aromatic N) is 2. The molecule has 0 spiro atoms. The van der Waals surface area contributed by atoms with Crippen LogP contribution in [0, 0.1) is 28.8 Å². The highest BCUT2D eigenvalue weighted by molar-refractivity contribution is 5.71. The van der Waals surface area contributed by atoms with E-state index in [1.807, 2.05) is 6.92 Å². The Balaban J connectivity index is 2.36. The fraction of sp³-hybridized carbons (Fsp3) is 0.500. The van der Waals surface area contributed by atoms with Crippen molar-refractivity contribution in [3.8, 4) is 0 Å². The second-order valence-corrected chi connectivity index (χ2v) is 5.45. The molecule has 21 heavy (non-hydrogen) atoms. The third-order valence-electron chi connectivity index (χ3n) is 3.99. The first-order valence-corrected chi connectivity index (χ1v) is 6.75. The van der Waals surface area contributed by atoms with E-state index < -0.39 is 22.6 Å². The zero-order chi connectivity index (χ0) is 15.7. The van der Waals surface area contributed by atoms with E-state index in [0.717, 1.165) is 6.07 Å². The third-order valence-corrected chi connectivity index (χ3v) is 3.99. The van der Waals surface area contributed by atoms with Crippen molar-refractivity contribution in [3.63, 3.8) is 0 Å². The summed E-state index contributed by atoms with van der Waals surface area (Å²) in [5.74, 6) is -1.89. The monoisotopic (exact) mass is 296 g/mol. The number of hydrogen-bond donors (Lipinski definition) is 1. The molecule has 0 saturated carbocycles. The molecule has 1 aliphatic rings. The topological polar surface area (TPSA) is 83.7 Å². The van der Waals surface area contributed by atoms with Crippen LogP contribution in [0.5, 0.6) is 0 Å². The van der Waals surface area contributed by atoms with Gasteiger partial charge in [-0.2, -0.15) is 0 Å². The van der Waals surface area contributed by atoms with E-state index in [0.29, 0.717) is 30.6 Å². The van der Waals surface area contributed by atoms with Gasteiger partial charge in [0, 0.05) is 12.6 Å². The van der Waals surface area contributed by atoms with Gasteiger partial charge in [0.05, 0.1) is 16.9 Å². The first-order valence-electron chi connectivity index (χ1n) is 6.75. The van der Waals surface area contributed by atoms with Crippen molar-refractivity contribution in [1.82, 2.24) is 0 Å². The van der Waals surface area contributed by atoms with Crippen LogP contribution < -0.4 is 4.90 Å². The summed E-state index contributed by atoms with van der Waals surface area (Å²) in [6.45, 7) is 3.79. The summed E-state index contributed by atoms with van der Waals surface area (Å²) >= 11 is 0. The quantitative estimate of drug-likeness (QED) is 0.685. The van der Waals surface area contributed by atoms with E-state index in [1.165, 1.54) is 6.07 Å². The predicted octanol–water partition coefficient (Wildman–Crippen LogP) is 2.73. The molecule has 7 heteroatoms. The van der Waals surface area contributed by atoms with Gasteiger partial charge >= 0.3 is 5.97 Å². The largest absolute Gasteiger partial charge is 0.481 e. The number of halogens is 1. The number of carboxylic acids is 1. The van der Waals surface area contributed by atoms with Gasteiger partial charge in [0.2, 0.25) is 0 Å². The number of hydrogen-bond acceptors (Lipinski definition) is 4. The summed E-state index contributed by atoms with van der Waals surface area (Å²) in [6.07, 6.45) is 0.843. The SMILES string of the molecule is Cc1cc(N2CCC(C(=O)O)CC2C)c([N+](=O)[O-])cc1F. The van der Waals surface area contributed by atoms with Gasteiger partial charge in [0.1, 0.15) is 11.5 Å². The van der Waals surface area contributed by atoms with Gasteiger partial charge in [-0.1, -0.05) is 0 Å². The van der Waals surface area contributed by atoms with Crippen LogP contribution >= 0.6 is 0 Å². The Hall–Kier alpha value is -2.18. The molecule has 6 nitrogen and oxygen atoms in total.